The lowest BCUT2D eigenvalue weighted by Gasteiger charge is -2.14. The van der Waals surface area contributed by atoms with E-state index in [-0.39, 0.29) is 5.82 Å². The van der Waals surface area contributed by atoms with E-state index >= 15 is 0 Å². The van der Waals surface area contributed by atoms with Gasteiger partial charge in [0.1, 0.15) is 17.6 Å². The molecule has 0 bridgehead atoms. The van der Waals surface area contributed by atoms with Gasteiger partial charge in [-0.25, -0.2) is 4.39 Å². The summed E-state index contributed by atoms with van der Waals surface area (Å²) in [6.45, 7) is 2.84. The Kier molecular flexibility index (Phi) is 5.44. The summed E-state index contributed by atoms with van der Waals surface area (Å²) in [4.78, 5) is 4.40. The number of fused-ring (bicyclic) bond motifs is 2. The lowest BCUT2D eigenvalue weighted by atomic mass is 10.1. The Balaban J connectivity index is 1.51. The quantitative estimate of drug-likeness (QED) is 0.336. The minimum atomic E-state index is -0.271. The Morgan fingerprint density at radius 3 is 2.82 bits per heavy atom. The van der Waals surface area contributed by atoms with E-state index < -0.39 is 0 Å². The number of anilines is 3. The number of aromatic nitrogens is 3. The second-order valence-electron chi connectivity index (χ2n) is 7.83. The fraction of sp³-hybridized carbons (Fsp3) is 0.115. The number of nitrogens with one attached hydrogen (secondary N) is 1. The maximum atomic E-state index is 13.5. The van der Waals surface area contributed by atoms with Crippen molar-refractivity contribution in [3.8, 4) is 11.8 Å². The monoisotopic (exact) mass is 452 g/mol. The van der Waals surface area contributed by atoms with Crippen LogP contribution in [0.1, 0.15) is 18.1 Å². The highest BCUT2D eigenvalue weighted by Crippen LogP contribution is 2.35. The largest absolute Gasteiger partial charge is 0.492 e. The first-order valence-electron chi connectivity index (χ1n) is 10.8. The SMILES string of the molecule is CCOc1cc2ncc(C#N)c(Nc3ccc4c(cnn4Cc4cccc(F)c4)c3)c2cc1N. The number of benzene rings is 3. The molecule has 0 saturated carbocycles. The Morgan fingerprint density at radius 2 is 2.03 bits per heavy atom. The maximum Gasteiger partial charge on any atom is 0.144 e. The Bertz CT molecular complexity index is 1570. The Labute approximate surface area is 195 Å². The first kappa shape index (κ1) is 21.2. The van der Waals surface area contributed by atoms with Crippen molar-refractivity contribution in [1.29, 1.82) is 5.26 Å². The van der Waals surface area contributed by atoms with Crippen LogP contribution in [0.3, 0.4) is 0 Å². The van der Waals surface area contributed by atoms with E-state index in [1.165, 1.54) is 18.3 Å². The molecule has 0 aliphatic rings. The van der Waals surface area contributed by atoms with Crippen molar-refractivity contribution in [2.24, 2.45) is 0 Å². The molecule has 2 heterocycles. The van der Waals surface area contributed by atoms with Crippen LogP contribution in [0.4, 0.5) is 21.5 Å². The number of ether oxygens (including phenoxy) is 1. The highest BCUT2D eigenvalue weighted by Gasteiger charge is 2.14. The van der Waals surface area contributed by atoms with Crippen molar-refractivity contribution < 1.29 is 9.13 Å². The third kappa shape index (κ3) is 3.95. The minimum absolute atomic E-state index is 0.271. The van der Waals surface area contributed by atoms with Crippen LogP contribution in [0.25, 0.3) is 21.8 Å². The fourth-order valence-corrected chi connectivity index (χ4v) is 3.98. The van der Waals surface area contributed by atoms with Gasteiger partial charge in [-0.15, -0.1) is 0 Å². The van der Waals surface area contributed by atoms with Crippen LogP contribution < -0.4 is 15.8 Å². The van der Waals surface area contributed by atoms with Gasteiger partial charge in [-0.05, 0) is 48.9 Å². The average Bonchev–Trinajstić information content (AvgIpc) is 3.22. The number of nitriles is 1. The van der Waals surface area contributed by atoms with E-state index in [2.05, 4.69) is 21.5 Å². The first-order valence-corrected chi connectivity index (χ1v) is 10.8. The summed E-state index contributed by atoms with van der Waals surface area (Å²) in [6.07, 6.45) is 3.30. The third-order valence-electron chi connectivity index (χ3n) is 5.55. The summed E-state index contributed by atoms with van der Waals surface area (Å²) in [5.41, 5.74) is 10.9. The lowest BCUT2D eigenvalue weighted by Crippen LogP contribution is -2.02. The van der Waals surface area contributed by atoms with Crippen LogP contribution in [-0.4, -0.2) is 21.4 Å². The fourth-order valence-electron chi connectivity index (χ4n) is 3.98. The highest BCUT2D eigenvalue weighted by atomic mass is 19.1. The molecule has 0 atom stereocenters. The third-order valence-corrected chi connectivity index (χ3v) is 5.55. The number of rotatable bonds is 6. The molecule has 8 heteroatoms. The Morgan fingerprint density at radius 1 is 1.15 bits per heavy atom. The smallest absolute Gasteiger partial charge is 0.144 e. The molecule has 5 rings (SSSR count). The molecule has 0 spiro atoms. The van der Waals surface area contributed by atoms with E-state index in [9.17, 15) is 9.65 Å². The van der Waals surface area contributed by atoms with Crippen LogP contribution in [0, 0.1) is 17.1 Å². The maximum absolute atomic E-state index is 13.5. The summed E-state index contributed by atoms with van der Waals surface area (Å²) in [5, 5.41) is 19.1. The second kappa shape index (κ2) is 8.71. The lowest BCUT2D eigenvalue weighted by molar-refractivity contribution is 0.342. The molecule has 7 nitrogen and oxygen atoms in total. The Hall–Kier alpha value is -4.64. The molecule has 0 unspecified atom stereocenters. The zero-order valence-corrected chi connectivity index (χ0v) is 18.4. The van der Waals surface area contributed by atoms with Crippen molar-refractivity contribution in [2.45, 2.75) is 13.5 Å². The van der Waals surface area contributed by atoms with Gasteiger partial charge in [-0.2, -0.15) is 10.4 Å². The van der Waals surface area contributed by atoms with Gasteiger partial charge in [0.05, 0.1) is 47.3 Å². The van der Waals surface area contributed by atoms with Gasteiger partial charge >= 0.3 is 0 Å². The average molecular weight is 452 g/mol. The molecule has 0 radical (unpaired) electrons. The van der Waals surface area contributed by atoms with Gasteiger partial charge in [-0.1, -0.05) is 12.1 Å². The van der Waals surface area contributed by atoms with E-state index in [1.807, 2.05) is 35.9 Å². The molecule has 0 saturated heterocycles. The highest BCUT2D eigenvalue weighted by molar-refractivity contribution is 5.99. The summed E-state index contributed by atoms with van der Waals surface area (Å²) in [7, 11) is 0. The van der Waals surface area contributed by atoms with Gasteiger partial charge < -0.3 is 15.8 Å². The molecule has 2 aromatic heterocycles. The normalized spacial score (nSPS) is 11.0. The molecule has 0 aliphatic carbocycles. The summed E-state index contributed by atoms with van der Waals surface area (Å²) in [5.74, 6) is 0.289. The van der Waals surface area contributed by atoms with Crippen LogP contribution in [0.5, 0.6) is 5.75 Å². The number of pyridine rings is 1. The van der Waals surface area contributed by atoms with Crippen molar-refractivity contribution in [1.82, 2.24) is 14.8 Å². The number of nitrogens with two attached hydrogens (primary N) is 1. The molecule has 0 fully saturated rings. The van der Waals surface area contributed by atoms with Crippen LogP contribution in [-0.2, 0) is 6.54 Å². The van der Waals surface area contributed by atoms with Crippen LogP contribution in [0.2, 0.25) is 0 Å². The number of halogens is 1. The van der Waals surface area contributed by atoms with Crippen molar-refractivity contribution in [3.63, 3.8) is 0 Å². The summed E-state index contributed by atoms with van der Waals surface area (Å²) < 4.78 is 21.0. The standard InChI is InChI=1S/C26H21FN6O/c1-2-34-25-11-23-21(10-22(25)29)26(18(12-28)13-30-23)32-20-6-7-24-17(9-20)14-31-33(24)15-16-4-3-5-19(27)8-16/h3-11,13-14H,2,15,29H2,1H3,(H,30,32). The van der Waals surface area contributed by atoms with Crippen molar-refractivity contribution in [3.05, 3.63) is 83.9 Å². The van der Waals surface area contributed by atoms with Gasteiger partial charge in [0.15, 0.2) is 0 Å². The molecule has 5 aromatic rings. The number of hydrogen-bond acceptors (Lipinski definition) is 6. The van der Waals surface area contributed by atoms with Crippen LogP contribution >= 0.6 is 0 Å². The predicted molar refractivity (Wildman–Crippen MR) is 131 cm³/mol. The molecule has 3 N–H and O–H groups in total. The number of hydrogen-bond donors (Lipinski definition) is 2. The van der Waals surface area contributed by atoms with Crippen LogP contribution in [0.15, 0.2) is 67.0 Å². The molecule has 0 aliphatic heterocycles. The molecule has 168 valence electrons. The topological polar surface area (TPSA) is 102 Å². The van der Waals surface area contributed by atoms with Crippen molar-refractivity contribution in [2.75, 3.05) is 17.7 Å². The summed E-state index contributed by atoms with van der Waals surface area (Å²) >= 11 is 0. The predicted octanol–water partition coefficient (Wildman–Crippen LogP) is 5.37. The van der Waals surface area contributed by atoms with Gasteiger partial charge in [-0.3, -0.25) is 9.67 Å². The van der Waals surface area contributed by atoms with E-state index in [0.717, 1.165) is 27.5 Å². The molecular formula is C26H21FN6O. The second-order valence-corrected chi connectivity index (χ2v) is 7.83. The van der Waals surface area contributed by atoms with E-state index in [4.69, 9.17) is 10.5 Å². The molecule has 0 amide bonds. The number of nitrogens with zero attached hydrogens (tertiary/aromatic N) is 4. The van der Waals surface area contributed by atoms with Gasteiger partial charge in [0.25, 0.3) is 0 Å². The molecule has 34 heavy (non-hydrogen) atoms. The van der Waals surface area contributed by atoms with E-state index in [1.54, 1.807) is 24.4 Å². The summed E-state index contributed by atoms with van der Waals surface area (Å²) in [6, 6.07) is 18.0. The molecule has 3 aromatic carbocycles. The number of nitrogen functional groups attached to an aromatic ring is 1. The zero-order valence-electron chi connectivity index (χ0n) is 18.4. The van der Waals surface area contributed by atoms with Gasteiger partial charge in [0.2, 0.25) is 0 Å². The van der Waals surface area contributed by atoms with Crippen molar-refractivity contribution >= 4 is 38.9 Å². The van der Waals surface area contributed by atoms with E-state index in [0.29, 0.717) is 41.4 Å². The minimum Gasteiger partial charge on any atom is -0.492 e. The zero-order chi connectivity index (χ0) is 23.7. The first-order chi connectivity index (χ1) is 16.6. The molecular weight excluding hydrogens is 431 g/mol. The van der Waals surface area contributed by atoms with Gasteiger partial charge in [0, 0.05) is 28.7 Å².